The molecule has 1 N–H and O–H groups in total. The summed E-state index contributed by atoms with van der Waals surface area (Å²) in [6, 6.07) is 4.02. The van der Waals surface area contributed by atoms with Gasteiger partial charge in [-0.2, -0.15) is 4.72 Å². The normalized spacial score (nSPS) is 11.2. The fourth-order valence-corrected chi connectivity index (χ4v) is 2.72. The standard InChI is InChI=1S/C9H9Cl2NO4S/c1-16-9(13)5-12-17(14,15)8-4-6(10)2-3-7(8)11/h2-4,12H,5H2,1H3. The number of ether oxygens (including phenoxy) is 1. The minimum Gasteiger partial charge on any atom is -0.468 e. The van der Waals surface area contributed by atoms with Gasteiger partial charge >= 0.3 is 5.97 Å². The summed E-state index contributed by atoms with van der Waals surface area (Å²) in [5.74, 6) is -0.702. The Morgan fingerprint density at radius 3 is 2.65 bits per heavy atom. The van der Waals surface area contributed by atoms with Gasteiger partial charge < -0.3 is 4.74 Å². The Bertz CT molecular complexity index is 530. The van der Waals surface area contributed by atoms with Crippen molar-refractivity contribution in [3.8, 4) is 0 Å². The summed E-state index contributed by atoms with van der Waals surface area (Å²) in [5, 5.41) is 0.250. The largest absolute Gasteiger partial charge is 0.468 e. The number of methoxy groups -OCH3 is 1. The van der Waals surface area contributed by atoms with E-state index in [2.05, 4.69) is 4.74 Å². The molecule has 17 heavy (non-hydrogen) atoms. The quantitative estimate of drug-likeness (QED) is 0.854. The number of sulfonamides is 1. The van der Waals surface area contributed by atoms with Crippen LogP contribution in [-0.2, 0) is 19.6 Å². The van der Waals surface area contributed by atoms with Gasteiger partial charge in [0.2, 0.25) is 10.0 Å². The third-order valence-electron chi connectivity index (χ3n) is 1.82. The van der Waals surface area contributed by atoms with Crippen molar-refractivity contribution < 1.29 is 17.9 Å². The van der Waals surface area contributed by atoms with Crippen LogP contribution < -0.4 is 4.72 Å². The topological polar surface area (TPSA) is 72.5 Å². The van der Waals surface area contributed by atoms with E-state index >= 15 is 0 Å². The maximum absolute atomic E-state index is 11.8. The lowest BCUT2D eigenvalue weighted by Gasteiger charge is -2.07. The number of carbonyl (C=O) groups is 1. The van der Waals surface area contributed by atoms with E-state index in [1.54, 1.807) is 0 Å². The summed E-state index contributed by atoms with van der Waals surface area (Å²) in [7, 11) is -2.73. The Morgan fingerprint density at radius 1 is 1.41 bits per heavy atom. The molecule has 1 rings (SSSR count). The Hall–Kier alpha value is -0.820. The average Bonchev–Trinajstić information content (AvgIpc) is 2.29. The molecule has 0 spiro atoms. The highest BCUT2D eigenvalue weighted by Gasteiger charge is 2.19. The van der Waals surface area contributed by atoms with Crippen LogP contribution in [0.1, 0.15) is 0 Å². The summed E-state index contributed by atoms with van der Waals surface area (Å²) < 4.78 is 29.9. The number of hydrogen-bond donors (Lipinski definition) is 1. The van der Waals surface area contributed by atoms with Crippen molar-refractivity contribution in [3.05, 3.63) is 28.2 Å². The van der Waals surface area contributed by atoms with E-state index in [0.717, 1.165) is 7.11 Å². The molecule has 0 aliphatic carbocycles. The number of nitrogens with one attached hydrogen (secondary N) is 1. The number of esters is 1. The van der Waals surface area contributed by atoms with E-state index in [1.165, 1.54) is 18.2 Å². The van der Waals surface area contributed by atoms with Crippen molar-refractivity contribution >= 4 is 39.2 Å². The predicted molar refractivity (Wildman–Crippen MR) is 63.7 cm³/mol. The van der Waals surface area contributed by atoms with Gasteiger partial charge in [-0.3, -0.25) is 4.79 Å². The molecule has 0 radical (unpaired) electrons. The lowest BCUT2D eigenvalue weighted by molar-refractivity contribution is -0.139. The molecule has 5 nitrogen and oxygen atoms in total. The van der Waals surface area contributed by atoms with Crippen LogP contribution in [0.25, 0.3) is 0 Å². The van der Waals surface area contributed by atoms with E-state index in [-0.39, 0.29) is 14.9 Å². The molecule has 0 amide bonds. The summed E-state index contributed by atoms with van der Waals surface area (Å²) in [4.78, 5) is 10.6. The molecular weight excluding hydrogens is 289 g/mol. The first-order chi connectivity index (χ1) is 7.86. The number of halogens is 2. The summed E-state index contributed by atoms with van der Waals surface area (Å²) in [5.41, 5.74) is 0. The Kier molecular flexibility index (Phi) is 4.76. The third kappa shape index (κ3) is 3.85. The molecular formula is C9H9Cl2NO4S. The second kappa shape index (κ2) is 5.68. The first-order valence-electron chi connectivity index (χ1n) is 4.38. The highest BCUT2D eigenvalue weighted by molar-refractivity contribution is 7.89. The van der Waals surface area contributed by atoms with Gasteiger partial charge in [-0.25, -0.2) is 8.42 Å². The van der Waals surface area contributed by atoms with Crippen molar-refractivity contribution in [1.82, 2.24) is 4.72 Å². The second-order valence-corrected chi connectivity index (χ2v) is 5.55. The predicted octanol–water partition coefficient (Wildman–Crippen LogP) is 1.44. The summed E-state index contributed by atoms with van der Waals surface area (Å²) in [6.07, 6.45) is 0. The molecule has 0 saturated heterocycles. The molecule has 0 heterocycles. The fourth-order valence-electron chi connectivity index (χ4n) is 0.987. The minimum atomic E-state index is -3.89. The van der Waals surface area contributed by atoms with Crippen LogP contribution in [0.5, 0.6) is 0 Å². The molecule has 0 bridgehead atoms. The van der Waals surface area contributed by atoms with Gasteiger partial charge in [-0.05, 0) is 18.2 Å². The summed E-state index contributed by atoms with van der Waals surface area (Å²) in [6.45, 7) is -0.471. The second-order valence-electron chi connectivity index (χ2n) is 2.98. The Labute approximate surface area is 109 Å². The number of benzene rings is 1. The van der Waals surface area contributed by atoms with Crippen LogP contribution in [0.4, 0.5) is 0 Å². The smallest absolute Gasteiger partial charge is 0.320 e. The van der Waals surface area contributed by atoms with Gasteiger partial charge in [0.05, 0.1) is 12.1 Å². The number of rotatable bonds is 4. The highest BCUT2D eigenvalue weighted by atomic mass is 35.5. The highest BCUT2D eigenvalue weighted by Crippen LogP contribution is 2.24. The Balaban J connectivity index is 2.97. The molecule has 0 atom stereocenters. The van der Waals surface area contributed by atoms with Crippen molar-refractivity contribution in [2.45, 2.75) is 4.90 Å². The van der Waals surface area contributed by atoms with Gasteiger partial charge in [-0.1, -0.05) is 23.2 Å². The first kappa shape index (κ1) is 14.2. The van der Waals surface area contributed by atoms with Gasteiger partial charge in [0.15, 0.2) is 0 Å². The average molecular weight is 298 g/mol. The third-order valence-corrected chi connectivity index (χ3v) is 3.93. The maximum Gasteiger partial charge on any atom is 0.320 e. The molecule has 0 aliphatic rings. The van der Waals surface area contributed by atoms with Crippen molar-refractivity contribution in [3.63, 3.8) is 0 Å². The SMILES string of the molecule is COC(=O)CNS(=O)(=O)c1cc(Cl)ccc1Cl. The van der Waals surface area contributed by atoms with Crippen LogP contribution in [0.15, 0.2) is 23.1 Å². The van der Waals surface area contributed by atoms with E-state index in [0.29, 0.717) is 0 Å². The number of hydrogen-bond acceptors (Lipinski definition) is 4. The molecule has 0 aliphatic heterocycles. The molecule has 8 heteroatoms. The zero-order valence-electron chi connectivity index (χ0n) is 8.74. The minimum absolute atomic E-state index is 0.0202. The van der Waals surface area contributed by atoms with Crippen LogP contribution in [0.3, 0.4) is 0 Å². The van der Waals surface area contributed by atoms with Gasteiger partial charge in [0.25, 0.3) is 0 Å². The molecule has 1 aromatic rings. The zero-order chi connectivity index (χ0) is 13.1. The van der Waals surface area contributed by atoms with Crippen LogP contribution in [-0.4, -0.2) is 28.0 Å². The van der Waals surface area contributed by atoms with E-state index in [1.807, 2.05) is 4.72 Å². The van der Waals surface area contributed by atoms with Crippen molar-refractivity contribution in [2.24, 2.45) is 0 Å². The molecule has 0 aromatic heterocycles. The molecule has 1 aromatic carbocycles. The van der Waals surface area contributed by atoms with Crippen LogP contribution >= 0.6 is 23.2 Å². The molecule has 0 fully saturated rings. The lowest BCUT2D eigenvalue weighted by Crippen LogP contribution is -2.30. The molecule has 0 saturated carbocycles. The summed E-state index contributed by atoms with van der Waals surface area (Å²) >= 11 is 11.4. The first-order valence-corrected chi connectivity index (χ1v) is 6.62. The maximum atomic E-state index is 11.8. The van der Waals surface area contributed by atoms with E-state index in [4.69, 9.17) is 23.2 Å². The van der Waals surface area contributed by atoms with Crippen molar-refractivity contribution in [2.75, 3.05) is 13.7 Å². The van der Waals surface area contributed by atoms with Gasteiger partial charge in [-0.15, -0.1) is 0 Å². The fraction of sp³-hybridized carbons (Fsp3) is 0.222. The lowest BCUT2D eigenvalue weighted by atomic mass is 10.4. The van der Waals surface area contributed by atoms with Gasteiger partial charge in [0.1, 0.15) is 11.4 Å². The van der Waals surface area contributed by atoms with Gasteiger partial charge in [0, 0.05) is 5.02 Å². The van der Waals surface area contributed by atoms with Crippen molar-refractivity contribution in [1.29, 1.82) is 0 Å². The molecule has 0 unspecified atom stereocenters. The van der Waals surface area contributed by atoms with E-state index in [9.17, 15) is 13.2 Å². The Morgan fingerprint density at radius 2 is 2.06 bits per heavy atom. The van der Waals surface area contributed by atoms with E-state index < -0.39 is 22.5 Å². The number of carbonyl (C=O) groups excluding carboxylic acids is 1. The monoisotopic (exact) mass is 297 g/mol. The van der Waals surface area contributed by atoms with Crippen LogP contribution in [0, 0.1) is 0 Å². The zero-order valence-corrected chi connectivity index (χ0v) is 11.1. The van der Waals surface area contributed by atoms with Crippen LogP contribution in [0.2, 0.25) is 10.0 Å². The molecule has 94 valence electrons.